The average molecular weight is 308 g/mol. The van der Waals surface area contributed by atoms with Gasteiger partial charge in [0.2, 0.25) is 5.91 Å². The number of amides is 1. The zero-order valence-electron chi connectivity index (χ0n) is 14.3. The number of nitrogens with one attached hydrogen (secondary N) is 1. The van der Waals surface area contributed by atoms with E-state index in [2.05, 4.69) is 74.3 Å². The first-order valence-corrected chi connectivity index (χ1v) is 8.15. The molecule has 1 aliphatic rings. The molecule has 1 saturated heterocycles. The third-order valence-corrected chi connectivity index (χ3v) is 4.75. The highest BCUT2D eigenvalue weighted by Crippen LogP contribution is 2.35. The second-order valence-corrected chi connectivity index (χ2v) is 6.54. The number of hydrogen-bond donors (Lipinski definition) is 1. The lowest BCUT2D eigenvalue weighted by molar-refractivity contribution is -0.118. The van der Waals surface area contributed by atoms with Crippen molar-refractivity contribution in [3.63, 3.8) is 0 Å². The highest BCUT2D eigenvalue weighted by atomic mass is 16.2. The Bertz CT molecular complexity index is 701. The summed E-state index contributed by atoms with van der Waals surface area (Å²) in [5.41, 5.74) is 6.19. The van der Waals surface area contributed by atoms with Gasteiger partial charge in [-0.05, 0) is 49.9 Å². The van der Waals surface area contributed by atoms with Crippen LogP contribution in [0.1, 0.15) is 46.9 Å². The molecule has 0 radical (unpaired) electrons. The van der Waals surface area contributed by atoms with Crippen LogP contribution in [-0.2, 0) is 4.79 Å². The van der Waals surface area contributed by atoms with Crippen molar-refractivity contribution in [2.45, 2.75) is 39.9 Å². The van der Waals surface area contributed by atoms with Gasteiger partial charge in [-0.1, -0.05) is 48.0 Å². The van der Waals surface area contributed by atoms with Crippen molar-refractivity contribution in [1.29, 1.82) is 0 Å². The fraction of sp³-hybridized carbons (Fsp3) is 0.350. The van der Waals surface area contributed by atoms with Crippen molar-refractivity contribution >= 4 is 5.91 Å². The molecule has 23 heavy (non-hydrogen) atoms. The predicted molar refractivity (Wildman–Crippen MR) is 93.1 cm³/mol. The number of carbonyl (C=O) groups is 1. The van der Waals surface area contributed by atoms with Crippen LogP contribution in [0.3, 0.4) is 0 Å². The molecule has 2 aromatic carbocycles. The molecule has 1 fully saturated rings. The average Bonchev–Trinajstić information content (AvgIpc) is 2.88. The summed E-state index contributed by atoms with van der Waals surface area (Å²) in [5.74, 6) is 0.0946. The number of hydrogen-bond acceptors (Lipinski definition) is 2. The monoisotopic (exact) mass is 308 g/mol. The van der Waals surface area contributed by atoms with Crippen LogP contribution in [0, 0.1) is 20.8 Å². The van der Waals surface area contributed by atoms with Crippen LogP contribution in [0.2, 0.25) is 0 Å². The number of benzene rings is 2. The third-order valence-electron chi connectivity index (χ3n) is 4.75. The summed E-state index contributed by atoms with van der Waals surface area (Å²) >= 11 is 0. The molecule has 3 nitrogen and oxygen atoms in total. The highest BCUT2D eigenvalue weighted by Gasteiger charge is 2.36. The van der Waals surface area contributed by atoms with Gasteiger partial charge in [-0.2, -0.15) is 0 Å². The summed E-state index contributed by atoms with van der Waals surface area (Å²) in [6, 6.07) is 14.9. The smallest absolute Gasteiger partial charge is 0.235 e. The quantitative estimate of drug-likeness (QED) is 0.935. The van der Waals surface area contributed by atoms with Crippen LogP contribution in [0.15, 0.2) is 42.5 Å². The molecule has 1 N–H and O–H groups in total. The Hall–Kier alpha value is -2.13. The van der Waals surface area contributed by atoms with Gasteiger partial charge in [0.15, 0.2) is 0 Å². The number of aryl methyl sites for hydroxylation is 3. The van der Waals surface area contributed by atoms with Crippen LogP contribution in [0.25, 0.3) is 0 Å². The Morgan fingerprint density at radius 1 is 1.09 bits per heavy atom. The molecule has 0 aliphatic carbocycles. The Kier molecular flexibility index (Phi) is 4.22. The van der Waals surface area contributed by atoms with E-state index in [1.165, 1.54) is 27.8 Å². The first-order chi connectivity index (χ1) is 11.0. The minimum absolute atomic E-state index is 0.0571. The standard InChI is InChI=1S/C20H24N2O/c1-13-10-14(2)19(15(3)11-13)20-21-18(23)12-22(20)16(4)17-8-6-5-7-9-17/h5-11,16,20H,12H2,1-4H3,(H,21,23)/t16-,20?/m1/s1. The van der Waals surface area contributed by atoms with E-state index in [4.69, 9.17) is 0 Å². The lowest BCUT2D eigenvalue weighted by Gasteiger charge is -2.31. The molecule has 1 aliphatic heterocycles. The summed E-state index contributed by atoms with van der Waals surface area (Å²) in [7, 11) is 0. The van der Waals surface area contributed by atoms with Gasteiger partial charge in [-0.15, -0.1) is 0 Å². The topological polar surface area (TPSA) is 32.3 Å². The summed E-state index contributed by atoms with van der Waals surface area (Å²) in [6.07, 6.45) is -0.0571. The molecule has 3 heteroatoms. The minimum atomic E-state index is -0.0571. The van der Waals surface area contributed by atoms with Gasteiger partial charge in [0.1, 0.15) is 6.17 Å². The molecule has 1 amide bonds. The van der Waals surface area contributed by atoms with Gasteiger partial charge >= 0.3 is 0 Å². The Morgan fingerprint density at radius 2 is 1.70 bits per heavy atom. The van der Waals surface area contributed by atoms with E-state index in [-0.39, 0.29) is 18.1 Å². The third kappa shape index (κ3) is 3.02. The van der Waals surface area contributed by atoms with Crippen LogP contribution in [-0.4, -0.2) is 17.4 Å². The zero-order valence-corrected chi connectivity index (χ0v) is 14.3. The maximum atomic E-state index is 12.1. The Balaban J connectivity index is 1.99. The first kappa shape index (κ1) is 15.8. The number of carbonyl (C=O) groups excluding carboxylic acids is 1. The molecule has 0 spiro atoms. The van der Waals surface area contributed by atoms with E-state index >= 15 is 0 Å². The lowest BCUT2D eigenvalue weighted by Crippen LogP contribution is -2.31. The molecule has 1 unspecified atom stereocenters. The van der Waals surface area contributed by atoms with Crippen molar-refractivity contribution in [2.24, 2.45) is 0 Å². The van der Waals surface area contributed by atoms with Crippen LogP contribution < -0.4 is 5.32 Å². The van der Waals surface area contributed by atoms with Crippen LogP contribution >= 0.6 is 0 Å². The maximum absolute atomic E-state index is 12.1. The summed E-state index contributed by atoms with van der Waals surface area (Å²) in [5, 5.41) is 3.16. The van der Waals surface area contributed by atoms with Crippen molar-refractivity contribution in [1.82, 2.24) is 10.2 Å². The van der Waals surface area contributed by atoms with Crippen molar-refractivity contribution in [2.75, 3.05) is 6.54 Å². The van der Waals surface area contributed by atoms with Gasteiger partial charge in [-0.25, -0.2) is 0 Å². The largest absolute Gasteiger partial charge is 0.335 e. The van der Waals surface area contributed by atoms with Gasteiger partial charge in [0.05, 0.1) is 6.54 Å². The van der Waals surface area contributed by atoms with Gasteiger partial charge < -0.3 is 5.32 Å². The van der Waals surface area contributed by atoms with Gasteiger partial charge in [0, 0.05) is 6.04 Å². The normalized spacial score (nSPS) is 19.7. The molecule has 1 heterocycles. The summed E-state index contributed by atoms with van der Waals surface area (Å²) in [4.78, 5) is 14.4. The maximum Gasteiger partial charge on any atom is 0.235 e. The molecule has 2 aromatic rings. The van der Waals surface area contributed by atoms with E-state index in [9.17, 15) is 4.79 Å². The molecular formula is C20H24N2O. The number of rotatable bonds is 3. The SMILES string of the molecule is Cc1cc(C)c(C2NC(=O)CN2[C@H](C)c2ccccc2)c(C)c1. The second kappa shape index (κ2) is 6.17. The van der Waals surface area contributed by atoms with E-state index in [0.29, 0.717) is 6.54 Å². The Morgan fingerprint density at radius 3 is 2.30 bits per heavy atom. The molecule has 0 saturated carbocycles. The zero-order chi connectivity index (χ0) is 16.6. The molecule has 0 bridgehead atoms. The molecule has 120 valence electrons. The van der Waals surface area contributed by atoms with Crippen molar-refractivity contribution in [3.8, 4) is 0 Å². The Labute approximate surface area is 138 Å². The van der Waals surface area contributed by atoms with E-state index in [0.717, 1.165) is 0 Å². The van der Waals surface area contributed by atoms with E-state index in [1.54, 1.807) is 0 Å². The fourth-order valence-corrected chi connectivity index (χ4v) is 3.68. The predicted octanol–water partition coefficient (Wildman–Crippen LogP) is 3.80. The summed E-state index contributed by atoms with van der Waals surface area (Å²) in [6.45, 7) is 8.98. The highest BCUT2D eigenvalue weighted by molar-refractivity contribution is 5.81. The van der Waals surface area contributed by atoms with E-state index in [1.807, 2.05) is 6.07 Å². The van der Waals surface area contributed by atoms with Gasteiger partial charge in [-0.3, -0.25) is 9.69 Å². The lowest BCUT2D eigenvalue weighted by atomic mass is 9.96. The molecule has 3 rings (SSSR count). The minimum Gasteiger partial charge on any atom is -0.335 e. The summed E-state index contributed by atoms with van der Waals surface area (Å²) < 4.78 is 0. The number of nitrogens with zero attached hydrogens (tertiary/aromatic N) is 1. The molecule has 0 aromatic heterocycles. The first-order valence-electron chi connectivity index (χ1n) is 8.15. The molecule has 2 atom stereocenters. The van der Waals surface area contributed by atoms with E-state index < -0.39 is 0 Å². The van der Waals surface area contributed by atoms with Crippen molar-refractivity contribution in [3.05, 3.63) is 70.3 Å². The molecular weight excluding hydrogens is 284 g/mol. The van der Waals surface area contributed by atoms with Gasteiger partial charge in [0.25, 0.3) is 0 Å². The van der Waals surface area contributed by atoms with Crippen molar-refractivity contribution < 1.29 is 4.79 Å². The van der Waals surface area contributed by atoms with Crippen LogP contribution in [0.5, 0.6) is 0 Å². The second-order valence-electron chi connectivity index (χ2n) is 6.54. The fourth-order valence-electron chi connectivity index (χ4n) is 3.68. The van der Waals surface area contributed by atoms with Crippen LogP contribution in [0.4, 0.5) is 0 Å².